The topological polar surface area (TPSA) is 6.48 Å². The summed E-state index contributed by atoms with van der Waals surface area (Å²) in [6.45, 7) is 11.3. The Bertz CT molecular complexity index is 173. The van der Waals surface area contributed by atoms with Gasteiger partial charge in [-0.25, -0.2) is 0 Å². The zero-order chi connectivity index (χ0) is 10.7. The van der Waals surface area contributed by atoms with Crippen molar-refractivity contribution in [2.45, 2.75) is 39.5 Å². The lowest BCUT2D eigenvalue weighted by Gasteiger charge is -2.38. The van der Waals surface area contributed by atoms with Gasteiger partial charge in [0, 0.05) is 13.1 Å². The Hall–Kier alpha value is -0.0800. The third kappa shape index (κ3) is 3.46. The Morgan fingerprint density at radius 3 is 1.73 bits per heavy atom. The van der Waals surface area contributed by atoms with E-state index in [1.165, 1.54) is 58.5 Å². The summed E-state index contributed by atoms with van der Waals surface area (Å²) in [5, 5.41) is 0. The fourth-order valence-corrected chi connectivity index (χ4v) is 3.11. The van der Waals surface area contributed by atoms with Gasteiger partial charge >= 0.3 is 0 Å². The molecule has 2 aliphatic heterocycles. The molecule has 2 aliphatic rings. The van der Waals surface area contributed by atoms with E-state index in [-0.39, 0.29) is 0 Å². The van der Waals surface area contributed by atoms with Gasteiger partial charge in [0.15, 0.2) is 0 Å². The summed E-state index contributed by atoms with van der Waals surface area (Å²) >= 11 is 0. The average molecular weight is 210 g/mol. The Morgan fingerprint density at radius 2 is 1.33 bits per heavy atom. The minimum Gasteiger partial charge on any atom is -0.290 e. The minimum atomic E-state index is 0.918. The second kappa shape index (κ2) is 5.31. The summed E-state index contributed by atoms with van der Waals surface area (Å²) in [5.74, 6) is 1.84. The van der Waals surface area contributed by atoms with Gasteiger partial charge in [-0.2, -0.15) is 0 Å². The first-order valence-electron chi connectivity index (χ1n) is 6.69. The van der Waals surface area contributed by atoms with E-state index in [1.54, 1.807) is 0 Å². The van der Waals surface area contributed by atoms with Crippen molar-refractivity contribution in [2.24, 2.45) is 11.8 Å². The molecule has 2 rings (SSSR count). The number of hydrogen-bond acceptors (Lipinski definition) is 2. The molecule has 2 fully saturated rings. The average Bonchev–Trinajstić information content (AvgIpc) is 2.17. The molecule has 0 aromatic carbocycles. The molecule has 0 aromatic rings. The summed E-state index contributed by atoms with van der Waals surface area (Å²) in [4.78, 5) is 5.32. The molecule has 0 unspecified atom stereocenters. The third-order valence-electron chi connectivity index (χ3n) is 3.88. The molecule has 0 saturated carbocycles. The first-order valence-corrected chi connectivity index (χ1v) is 6.69. The Labute approximate surface area is 94.6 Å². The van der Waals surface area contributed by atoms with Crippen LogP contribution in [0.25, 0.3) is 0 Å². The third-order valence-corrected chi connectivity index (χ3v) is 3.88. The number of likely N-dealkylation sites (tertiary alicyclic amines) is 2. The van der Waals surface area contributed by atoms with Crippen LogP contribution in [0.3, 0.4) is 0 Å². The summed E-state index contributed by atoms with van der Waals surface area (Å²) in [6, 6.07) is 0. The van der Waals surface area contributed by atoms with Gasteiger partial charge in [-0.15, -0.1) is 0 Å². The van der Waals surface area contributed by atoms with Crippen molar-refractivity contribution in [1.82, 2.24) is 9.80 Å². The highest BCUT2D eigenvalue weighted by molar-refractivity contribution is 4.74. The predicted octanol–water partition coefficient (Wildman–Crippen LogP) is 2.41. The molecule has 0 N–H and O–H groups in total. The number of hydrogen-bond donors (Lipinski definition) is 0. The highest BCUT2D eigenvalue weighted by Crippen LogP contribution is 2.19. The molecular weight excluding hydrogens is 184 g/mol. The largest absolute Gasteiger partial charge is 0.290 e. The fourth-order valence-electron chi connectivity index (χ4n) is 3.11. The van der Waals surface area contributed by atoms with Crippen LogP contribution in [0.1, 0.15) is 39.5 Å². The first-order chi connectivity index (χ1) is 7.24. The zero-order valence-corrected chi connectivity index (χ0v) is 10.4. The lowest BCUT2D eigenvalue weighted by molar-refractivity contribution is 0.0670. The molecule has 2 nitrogen and oxygen atoms in total. The number of piperidine rings is 2. The minimum absolute atomic E-state index is 0.918. The van der Waals surface area contributed by atoms with Gasteiger partial charge < -0.3 is 0 Å². The van der Waals surface area contributed by atoms with Crippen molar-refractivity contribution in [3.05, 3.63) is 0 Å². The first kappa shape index (κ1) is 11.4. The maximum absolute atomic E-state index is 2.66. The van der Waals surface area contributed by atoms with Crippen LogP contribution in [0.15, 0.2) is 0 Å². The second-order valence-electron chi connectivity index (χ2n) is 5.79. The molecule has 2 atom stereocenters. The molecule has 0 amide bonds. The standard InChI is InChI=1S/C13H26N2/c1-12-5-3-7-14(9-12)11-15-8-4-6-13(2)10-15/h12-13H,3-11H2,1-2H3/t12-,13-/m1/s1. The second-order valence-corrected chi connectivity index (χ2v) is 5.79. The molecule has 2 heterocycles. The van der Waals surface area contributed by atoms with E-state index in [4.69, 9.17) is 0 Å². The lowest BCUT2D eigenvalue weighted by atomic mass is 9.99. The van der Waals surface area contributed by atoms with E-state index < -0.39 is 0 Å². The SMILES string of the molecule is C[C@@H]1CCCN(CN2CCC[C@@H](C)C2)C1. The van der Waals surface area contributed by atoms with E-state index >= 15 is 0 Å². The fraction of sp³-hybridized carbons (Fsp3) is 1.00. The number of rotatable bonds is 2. The highest BCUT2D eigenvalue weighted by atomic mass is 15.3. The molecule has 15 heavy (non-hydrogen) atoms. The maximum atomic E-state index is 2.66. The van der Waals surface area contributed by atoms with Crippen molar-refractivity contribution in [3.8, 4) is 0 Å². The van der Waals surface area contributed by atoms with Crippen LogP contribution in [-0.4, -0.2) is 42.6 Å². The van der Waals surface area contributed by atoms with Crippen LogP contribution in [0, 0.1) is 11.8 Å². The van der Waals surface area contributed by atoms with Gasteiger partial charge in [-0.1, -0.05) is 13.8 Å². The number of nitrogens with zero attached hydrogens (tertiary/aromatic N) is 2. The molecule has 0 radical (unpaired) electrons. The molecule has 2 heteroatoms. The van der Waals surface area contributed by atoms with Gasteiger partial charge in [-0.05, 0) is 50.6 Å². The van der Waals surface area contributed by atoms with Gasteiger partial charge in [0.1, 0.15) is 0 Å². The zero-order valence-electron chi connectivity index (χ0n) is 10.4. The van der Waals surface area contributed by atoms with Crippen molar-refractivity contribution < 1.29 is 0 Å². The molecular formula is C13H26N2. The molecule has 0 spiro atoms. The summed E-state index contributed by atoms with van der Waals surface area (Å²) in [5.41, 5.74) is 0. The predicted molar refractivity (Wildman–Crippen MR) is 64.8 cm³/mol. The highest BCUT2D eigenvalue weighted by Gasteiger charge is 2.21. The van der Waals surface area contributed by atoms with Gasteiger partial charge in [0.05, 0.1) is 6.67 Å². The Kier molecular flexibility index (Phi) is 4.04. The van der Waals surface area contributed by atoms with Crippen molar-refractivity contribution in [2.75, 3.05) is 32.8 Å². The van der Waals surface area contributed by atoms with Crippen molar-refractivity contribution in [1.29, 1.82) is 0 Å². The summed E-state index contributed by atoms with van der Waals surface area (Å²) < 4.78 is 0. The quantitative estimate of drug-likeness (QED) is 0.690. The van der Waals surface area contributed by atoms with Crippen LogP contribution < -0.4 is 0 Å². The molecule has 88 valence electrons. The van der Waals surface area contributed by atoms with E-state index in [2.05, 4.69) is 23.6 Å². The Morgan fingerprint density at radius 1 is 0.867 bits per heavy atom. The van der Waals surface area contributed by atoms with Crippen LogP contribution in [0.2, 0.25) is 0 Å². The Balaban J connectivity index is 1.75. The van der Waals surface area contributed by atoms with E-state index in [0.717, 1.165) is 11.8 Å². The van der Waals surface area contributed by atoms with E-state index in [0.29, 0.717) is 0 Å². The van der Waals surface area contributed by atoms with Crippen molar-refractivity contribution >= 4 is 0 Å². The maximum Gasteiger partial charge on any atom is 0.0506 e. The van der Waals surface area contributed by atoms with Crippen molar-refractivity contribution in [3.63, 3.8) is 0 Å². The lowest BCUT2D eigenvalue weighted by Crippen LogP contribution is -2.46. The molecule has 0 aliphatic carbocycles. The van der Waals surface area contributed by atoms with Gasteiger partial charge in [0.2, 0.25) is 0 Å². The van der Waals surface area contributed by atoms with Crippen LogP contribution >= 0.6 is 0 Å². The van der Waals surface area contributed by atoms with E-state index in [9.17, 15) is 0 Å². The normalized spacial score (nSPS) is 35.6. The molecule has 0 aromatic heterocycles. The van der Waals surface area contributed by atoms with Gasteiger partial charge in [0.25, 0.3) is 0 Å². The summed E-state index contributed by atoms with van der Waals surface area (Å²) in [7, 11) is 0. The van der Waals surface area contributed by atoms with E-state index in [1.807, 2.05) is 0 Å². The monoisotopic (exact) mass is 210 g/mol. The van der Waals surface area contributed by atoms with Crippen LogP contribution in [0.4, 0.5) is 0 Å². The van der Waals surface area contributed by atoms with Crippen LogP contribution in [-0.2, 0) is 0 Å². The van der Waals surface area contributed by atoms with Crippen LogP contribution in [0.5, 0.6) is 0 Å². The molecule has 2 saturated heterocycles. The smallest absolute Gasteiger partial charge is 0.0506 e. The molecule has 0 bridgehead atoms. The summed E-state index contributed by atoms with van der Waals surface area (Å²) in [6.07, 6.45) is 5.69. The van der Waals surface area contributed by atoms with Gasteiger partial charge in [-0.3, -0.25) is 9.80 Å².